The molecular weight excluding hydrogens is 372 g/mol. The Morgan fingerprint density at radius 1 is 1.00 bits per heavy atom. The first-order chi connectivity index (χ1) is 13.4. The van der Waals surface area contributed by atoms with Crippen LogP contribution < -0.4 is 5.32 Å². The Morgan fingerprint density at radius 2 is 1.68 bits per heavy atom. The van der Waals surface area contributed by atoms with Crippen molar-refractivity contribution in [1.82, 2.24) is 4.90 Å². The number of nitrogens with one attached hydrogen (secondary N) is 1. The second-order valence-corrected chi connectivity index (χ2v) is 8.63. The Balaban J connectivity index is 1.64. The van der Waals surface area contributed by atoms with E-state index in [9.17, 15) is 14.4 Å². The quantitative estimate of drug-likeness (QED) is 0.713. The standard InChI is InChI=1S/C22H24N2O3S/c1-14(2)12-24-21(26)18-10-9-17(11-19(18)22(24)27)23-20(25)15(3)28-13-16-7-5-4-6-8-16/h4-11,14-15H,12-13H2,1-3H3,(H,23,25). The van der Waals surface area contributed by atoms with Gasteiger partial charge >= 0.3 is 0 Å². The van der Waals surface area contributed by atoms with E-state index in [4.69, 9.17) is 0 Å². The number of carbonyl (C=O) groups excluding carboxylic acids is 3. The summed E-state index contributed by atoms with van der Waals surface area (Å²) in [6.07, 6.45) is 0. The van der Waals surface area contributed by atoms with Crippen LogP contribution in [-0.4, -0.2) is 34.4 Å². The summed E-state index contributed by atoms with van der Waals surface area (Å²) in [6.45, 7) is 6.17. The van der Waals surface area contributed by atoms with Gasteiger partial charge in [0.1, 0.15) is 0 Å². The van der Waals surface area contributed by atoms with Crippen LogP contribution in [0.15, 0.2) is 48.5 Å². The molecule has 1 heterocycles. The maximum Gasteiger partial charge on any atom is 0.261 e. The summed E-state index contributed by atoms with van der Waals surface area (Å²) < 4.78 is 0. The molecular formula is C22H24N2O3S. The van der Waals surface area contributed by atoms with E-state index < -0.39 is 0 Å². The summed E-state index contributed by atoms with van der Waals surface area (Å²) >= 11 is 1.55. The van der Waals surface area contributed by atoms with Gasteiger partial charge in [0.15, 0.2) is 0 Å². The van der Waals surface area contributed by atoms with Crippen molar-refractivity contribution in [3.05, 3.63) is 65.2 Å². The molecule has 28 heavy (non-hydrogen) atoms. The van der Waals surface area contributed by atoms with Gasteiger partial charge in [-0.05, 0) is 36.6 Å². The van der Waals surface area contributed by atoms with Crippen molar-refractivity contribution in [3.8, 4) is 0 Å². The third-order valence-corrected chi connectivity index (χ3v) is 5.71. The fourth-order valence-electron chi connectivity index (χ4n) is 3.01. The van der Waals surface area contributed by atoms with Gasteiger partial charge in [0.2, 0.25) is 5.91 Å². The number of hydrogen-bond acceptors (Lipinski definition) is 4. The molecule has 3 rings (SSSR count). The van der Waals surface area contributed by atoms with E-state index in [0.29, 0.717) is 23.4 Å². The lowest BCUT2D eigenvalue weighted by Gasteiger charge is -2.15. The lowest BCUT2D eigenvalue weighted by molar-refractivity contribution is -0.115. The third-order valence-electron chi connectivity index (χ3n) is 4.50. The van der Waals surface area contributed by atoms with Crippen LogP contribution in [-0.2, 0) is 10.5 Å². The second kappa shape index (κ2) is 8.61. The maximum absolute atomic E-state index is 12.6. The van der Waals surface area contributed by atoms with Crippen LogP contribution in [0.1, 0.15) is 47.1 Å². The van der Waals surface area contributed by atoms with Crippen molar-refractivity contribution in [3.63, 3.8) is 0 Å². The van der Waals surface area contributed by atoms with Crippen molar-refractivity contribution in [2.45, 2.75) is 31.8 Å². The van der Waals surface area contributed by atoms with Crippen molar-refractivity contribution >= 4 is 35.2 Å². The fraction of sp³-hybridized carbons (Fsp3) is 0.318. The first kappa shape index (κ1) is 20.1. The van der Waals surface area contributed by atoms with E-state index in [2.05, 4.69) is 5.32 Å². The second-order valence-electron chi connectivity index (χ2n) is 7.30. The van der Waals surface area contributed by atoms with Crippen molar-refractivity contribution < 1.29 is 14.4 Å². The molecule has 146 valence electrons. The monoisotopic (exact) mass is 396 g/mol. The minimum Gasteiger partial charge on any atom is -0.325 e. The lowest BCUT2D eigenvalue weighted by atomic mass is 10.1. The van der Waals surface area contributed by atoms with Crippen LogP contribution in [0.25, 0.3) is 0 Å². The third kappa shape index (κ3) is 4.44. The predicted octanol–water partition coefficient (Wildman–Crippen LogP) is 4.20. The highest BCUT2D eigenvalue weighted by molar-refractivity contribution is 7.99. The maximum atomic E-state index is 12.6. The zero-order chi connectivity index (χ0) is 20.3. The van der Waals surface area contributed by atoms with E-state index in [0.717, 1.165) is 5.75 Å². The number of fused-ring (bicyclic) bond motifs is 1. The van der Waals surface area contributed by atoms with Gasteiger partial charge in [0.05, 0.1) is 16.4 Å². The smallest absolute Gasteiger partial charge is 0.261 e. The lowest BCUT2D eigenvalue weighted by Crippen LogP contribution is -2.33. The molecule has 0 fully saturated rings. The molecule has 0 spiro atoms. The zero-order valence-corrected chi connectivity index (χ0v) is 17.1. The predicted molar refractivity (Wildman–Crippen MR) is 112 cm³/mol. The van der Waals surface area contributed by atoms with Gasteiger partial charge in [0.25, 0.3) is 11.8 Å². The highest BCUT2D eigenvalue weighted by Crippen LogP contribution is 2.27. The molecule has 0 saturated heterocycles. The van der Waals surface area contributed by atoms with Crippen LogP contribution >= 0.6 is 11.8 Å². The summed E-state index contributed by atoms with van der Waals surface area (Å²) in [6, 6.07) is 14.9. The van der Waals surface area contributed by atoms with Crippen LogP contribution in [0, 0.1) is 5.92 Å². The first-order valence-electron chi connectivity index (χ1n) is 9.33. The molecule has 1 N–H and O–H groups in total. The molecule has 3 amide bonds. The van der Waals surface area contributed by atoms with Crippen molar-refractivity contribution in [2.24, 2.45) is 5.92 Å². The SMILES string of the molecule is CC(C)CN1C(=O)c2ccc(NC(=O)C(C)SCc3ccccc3)cc2C1=O. The van der Waals surface area contributed by atoms with Crippen molar-refractivity contribution in [1.29, 1.82) is 0 Å². The topological polar surface area (TPSA) is 66.5 Å². The molecule has 1 aliphatic rings. The molecule has 5 nitrogen and oxygen atoms in total. The summed E-state index contributed by atoms with van der Waals surface area (Å²) in [5.41, 5.74) is 2.45. The number of imide groups is 1. The Morgan fingerprint density at radius 3 is 2.36 bits per heavy atom. The van der Waals surface area contributed by atoms with Gasteiger partial charge in [-0.2, -0.15) is 0 Å². The number of benzene rings is 2. The molecule has 1 aliphatic heterocycles. The Bertz CT molecular complexity index is 896. The molecule has 0 saturated carbocycles. The van der Waals surface area contributed by atoms with E-state index in [1.165, 1.54) is 10.5 Å². The Kier molecular flexibility index (Phi) is 6.19. The number of carbonyl (C=O) groups is 3. The summed E-state index contributed by atoms with van der Waals surface area (Å²) in [7, 11) is 0. The van der Waals surface area contributed by atoms with E-state index in [1.54, 1.807) is 30.0 Å². The highest BCUT2D eigenvalue weighted by Gasteiger charge is 2.35. The van der Waals surface area contributed by atoms with Gasteiger partial charge in [-0.1, -0.05) is 44.2 Å². The number of thioether (sulfide) groups is 1. The molecule has 0 aliphatic carbocycles. The van der Waals surface area contributed by atoms with Crippen LogP contribution in [0.4, 0.5) is 5.69 Å². The molecule has 0 aromatic heterocycles. The highest BCUT2D eigenvalue weighted by atomic mass is 32.2. The van der Waals surface area contributed by atoms with E-state index in [-0.39, 0.29) is 28.9 Å². The first-order valence-corrected chi connectivity index (χ1v) is 10.4. The van der Waals surface area contributed by atoms with Gasteiger partial charge in [0, 0.05) is 18.0 Å². The average Bonchev–Trinajstić information content (AvgIpc) is 2.91. The van der Waals surface area contributed by atoms with Crippen molar-refractivity contribution in [2.75, 3.05) is 11.9 Å². The Labute approximate surface area is 169 Å². The zero-order valence-electron chi connectivity index (χ0n) is 16.3. The molecule has 2 aromatic rings. The van der Waals surface area contributed by atoms with Gasteiger partial charge < -0.3 is 5.32 Å². The number of hydrogen-bond donors (Lipinski definition) is 1. The Hall–Kier alpha value is -2.60. The number of rotatable bonds is 7. The number of nitrogens with zero attached hydrogens (tertiary/aromatic N) is 1. The van der Waals surface area contributed by atoms with Gasteiger partial charge in [-0.3, -0.25) is 19.3 Å². The van der Waals surface area contributed by atoms with Gasteiger partial charge in [-0.25, -0.2) is 0 Å². The minimum atomic E-state index is -0.295. The van der Waals surface area contributed by atoms with E-state index in [1.807, 2.05) is 51.1 Å². The van der Waals surface area contributed by atoms with Crippen LogP contribution in [0.3, 0.4) is 0 Å². The van der Waals surface area contributed by atoms with E-state index >= 15 is 0 Å². The average molecular weight is 397 g/mol. The molecule has 0 radical (unpaired) electrons. The summed E-state index contributed by atoms with van der Waals surface area (Å²) in [5.74, 6) is 0.256. The number of anilines is 1. The molecule has 1 atom stereocenters. The molecule has 1 unspecified atom stereocenters. The normalized spacial score (nSPS) is 14.4. The fourth-order valence-corrected chi connectivity index (χ4v) is 3.86. The number of amides is 3. The molecule has 6 heteroatoms. The largest absolute Gasteiger partial charge is 0.325 e. The molecule has 2 aromatic carbocycles. The van der Waals surface area contributed by atoms with Crippen LogP contribution in [0.5, 0.6) is 0 Å². The summed E-state index contributed by atoms with van der Waals surface area (Å²) in [4.78, 5) is 38.8. The molecule has 0 bridgehead atoms. The summed E-state index contributed by atoms with van der Waals surface area (Å²) in [5, 5.41) is 2.61. The van der Waals surface area contributed by atoms with Gasteiger partial charge in [-0.15, -0.1) is 11.8 Å². The minimum absolute atomic E-state index is 0.128. The van der Waals surface area contributed by atoms with Crippen LogP contribution in [0.2, 0.25) is 0 Å².